The molecule has 4 aliphatic rings. The number of anilines is 1. The van der Waals surface area contributed by atoms with E-state index in [2.05, 4.69) is 10.6 Å². The Balaban J connectivity index is 0.920. The molecule has 0 radical (unpaired) electrons. The number of carbonyl (C=O) groups excluding carboxylic acids is 3. The quantitative estimate of drug-likeness (QED) is 0.151. The first-order valence-corrected chi connectivity index (χ1v) is 17.6. The number of aryl methyl sites for hydroxylation is 1. The fourth-order valence-corrected chi connectivity index (χ4v) is 7.80. The summed E-state index contributed by atoms with van der Waals surface area (Å²) in [5.41, 5.74) is 4.11. The molecule has 8 rings (SSSR count). The van der Waals surface area contributed by atoms with E-state index in [-0.39, 0.29) is 48.2 Å². The maximum Gasteiger partial charge on any atom is 0.491 e. The molecule has 1 atom stereocenters. The van der Waals surface area contributed by atoms with Crippen molar-refractivity contribution in [2.45, 2.75) is 64.9 Å². The lowest BCUT2D eigenvalue weighted by molar-refractivity contribution is -0.172. The van der Waals surface area contributed by atoms with Crippen LogP contribution in [-0.2, 0) is 46.0 Å². The second kappa shape index (κ2) is 13.1. The molecule has 2 aromatic heterocycles. The first-order valence-electron chi connectivity index (χ1n) is 17.6. The van der Waals surface area contributed by atoms with Crippen molar-refractivity contribution >= 4 is 47.3 Å². The number of likely N-dealkylation sites (tertiary alicyclic amines) is 1. The minimum atomic E-state index is -1.90. The van der Waals surface area contributed by atoms with Crippen LogP contribution in [0.5, 0.6) is 5.75 Å². The lowest BCUT2D eigenvalue weighted by Crippen LogP contribution is -2.44. The van der Waals surface area contributed by atoms with Crippen molar-refractivity contribution in [3.05, 3.63) is 80.6 Å². The van der Waals surface area contributed by atoms with Gasteiger partial charge < -0.3 is 44.4 Å². The van der Waals surface area contributed by atoms with Gasteiger partial charge in [0.2, 0.25) is 0 Å². The number of benzene rings is 2. The van der Waals surface area contributed by atoms with Crippen LogP contribution in [0.1, 0.15) is 60.9 Å². The van der Waals surface area contributed by atoms with E-state index >= 15 is 0 Å². The Bertz CT molecular complexity index is 2220. The van der Waals surface area contributed by atoms with E-state index in [1.165, 1.54) is 0 Å². The summed E-state index contributed by atoms with van der Waals surface area (Å²) >= 11 is 0. The molecule has 4 N–H and O–H groups in total. The van der Waals surface area contributed by atoms with Crippen LogP contribution in [0.15, 0.2) is 47.3 Å². The van der Waals surface area contributed by atoms with Crippen LogP contribution < -0.4 is 26.4 Å². The van der Waals surface area contributed by atoms with Gasteiger partial charge in [0, 0.05) is 41.8 Å². The van der Waals surface area contributed by atoms with E-state index in [0.29, 0.717) is 79.3 Å². The largest absolute Gasteiger partial charge is 0.491 e. The second-order valence-corrected chi connectivity index (χ2v) is 13.8. The maximum atomic E-state index is 13.6. The number of pyridine rings is 2. The van der Waals surface area contributed by atoms with Crippen molar-refractivity contribution < 1.29 is 38.6 Å². The zero-order valence-electron chi connectivity index (χ0n) is 28.9. The Hall–Kier alpha value is -5.25. The number of aliphatic hydroxyl groups is 1. The number of amides is 3. The zero-order chi connectivity index (χ0) is 36.3. The minimum Gasteiger partial charge on any atom is -0.458 e. The summed E-state index contributed by atoms with van der Waals surface area (Å²) in [5, 5.41) is 27.6. The number of fused-ring (bicyclic) bond motifs is 6. The number of urea groups is 1. The van der Waals surface area contributed by atoms with Crippen molar-refractivity contribution in [2.75, 3.05) is 25.0 Å². The number of hydrogen-bond donors (Lipinski definition) is 4. The molecule has 1 saturated heterocycles. The smallest absolute Gasteiger partial charge is 0.458 e. The maximum absolute atomic E-state index is 13.6. The Morgan fingerprint density at radius 2 is 1.88 bits per heavy atom. The van der Waals surface area contributed by atoms with Gasteiger partial charge in [0.05, 0.1) is 35.6 Å². The summed E-state index contributed by atoms with van der Waals surface area (Å²) in [4.78, 5) is 58.5. The molecule has 4 aliphatic heterocycles. The van der Waals surface area contributed by atoms with Gasteiger partial charge in [-0.2, -0.15) is 0 Å². The van der Waals surface area contributed by atoms with E-state index in [9.17, 15) is 29.3 Å². The summed E-state index contributed by atoms with van der Waals surface area (Å²) < 4.78 is 17.9. The lowest BCUT2D eigenvalue weighted by Gasteiger charge is -2.31. The summed E-state index contributed by atoms with van der Waals surface area (Å²) in [7, 11) is -0.986. The van der Waals surface area contributed by atoms with E-state index in [1.807, 2.05) is 19.1 Å². The third kappa shape index (κ3) is 5.69. The number of carbonyl (C=O) groups is 3. The van der Waals surface area contributed by atoms with Crippen molar-refractivity contribution in [3.8, 4) is 17.1 Å². The molecule has 6 heterocycles. The topological polar surface area (TPSA) is 182 Å². The molecule has 0 unspecified atom stereocenters. The molecular formula is C37H38BN5O9. The highest BCUT2D eigenvalue weighted by atomic mass is 16.6. The molecular weight excluding hydrogens is 669 g/mol. The van der Waals surface area contributed by atoms with Gasteiger partial charge in [-0.25, -0.2) is 19.4 Å². The molecule has 0 bridgehead atoms. The molecule has 2 aromatic carbocycles. The number of piperidine rings is 1. The zero-order valence-corrected chi connectivity index (χ0v) is 28.9. The van der Waals surface area contributed by atoms with Gasteiger partial charge in [-0.1, -0.05) is 19.9 Å². The van der Waals surface area contributed by atoms with Gasteiger partial charge in [-0.05, 0) is 84.6 Å². The minimum absolute atomic E-state index is 0.0657. The number of nitrogens with zero attached hydrogens (tertiary/aromatic N) is 3. The average molecular weight is 708 g/mol. The molecule has 52 heavy (non-hydrogen) atoms. The Morgan fingerprint density at radius 1 is 1.08 bits per heavy atom. The van der Waals surface area contributed by atoms with Gasteiger partial charge in [0.15, 0.2) is 5.60 Å². The van der Waals surface area contributed by atoms with Gasteiger partial charge in [0.1, 0.15) is 12.4 Å². The predicted octanol–water partition coefficient (Wildman–Crippen LogP) is 2.89. The van der Waals surface area contributed by atoms with Gasteiger partial charge in [-0.3, -0.25) is 4.79 Å². The lowest BCUT2D eigenvalue weighted by atomic mass is 9.79. The number of hydrogen-bond acceptors (Lipinski definition) is 10. The third-order valence-corrected chi connectivity index (χ3v) is 10.8. The number of cyclic esters (lactones) is 1. The SMILES string of the molecule is CCc1c2c(nc3ccc(OC(=O)N4CCC(CNC(=O)Nc5ccc6c(c5)B(O)OC6)CC4)cc13)-c1cc3c(c(=O)n1C2)COC(=O)[C@]3(O)CC. The van der Waals surface area contributed by atoms with Crippen molar-refractivity contribution in [2.24, 2.45) is 5.92 Å². The first-order chi connectivity index (χ1) is 25.1. The average Bonchev–Trinajstić information content (AvgIpc) is 3.71. The standard InChI is InChI=1S/C37H38BN5O9/c1-3-24-25-14-23(7-8-30(25)41-32-26(24)17-43-31(32)15-28-27(33(43)44)19-50-34(45)37(28,48)4-2)52-36(47)42-11-9-20(10-12-42)16-39-35(46)40-22-6-5-21-18-51-38(49)29(21)13-22/h5-8,13-15,20,48-49H,3-4,9-12,16-19H2,1-2H3,(H2,39,40,46)/t37-/m0/s1. The number of ether oxygens (including phenoxy) is 2. The molecule has 14 nitrogen and oxygen atoms in total. The Kier molecular flexibility index (Phi) is 8.51. The highest BCUT2D eigenvalue weighted by Crippen LogP contribution is 2.41. The van der Waals surface area contributed by atoms with Crippen LogP contribution in [0.3, 0.4) is 0 Å². The van der Waals surface area contributed by atoms with Crippen molar-refractivity contribution in [1.29, 1.82) is 0 Å². The Morgan fingerprint density at radius 3 is 2.65 bits per heavy atom. The van der Waals surface area contributed by atoms with Crippen LogP contribution in [0, 0.1) is 5.92 Å². The van der Waals surface area contributed by atoms with Crippen LogP contribution in [0.25, 0.3) is 22.3 Å². The normalized spacial score (nSPS) is 19.1. The molecule has 0 saturated carbocycles. The highest BCUT2D eigenvalue weighted by molar-refractivity contribution is 6.61. The van der Waals surface area contributed by atoms with Gasteiger partial charge >= 0.3 is 25.2 Å². The van der Waals surface area contributed by atoms with Gasteiger partial charge in [-0.15, -0.1) is 0 Å². The summed E-state index contributed by atoms with van der Waals surface area (Å²) in [6, 6.07) is 12.0. The molecule has 0 spiro atoms. The second-order valence-electron chi connectivity index (χ2n) is 13.8. The predicted molar refractivity (Wildman–Crippen MR) is 190 cm³/mol. The summed E-state index contributed by atoms with van der Waals surface area (Å²) in [6.45, 7) is 5.55. The fourth-order valence-electron chi connectivity index (χ4n) is 7.80. The van der Waals surface area contributed by atoms with E-state index in [1.54, 1.807) is 46.7 Å². The van der Waals surface area contributed by atoms with Crippen LogP contribution in [0.2, 0.25) is 0 Å². The number of nitrogens with one attached hydrogen (secondary N) is 2. The van der Waals surface area contributed by atoms with E-state index in [0.717, 1.165) is 22.1 Å². The molecule has 4 aromatic rings. The molecule has 0 aliphatic carbocycles. The fraction of sp³-hybridized carbons (Fsp3) is 0.378. The molecule has 268 valence electrons. The Labute approximate surface area is 298 Å². The van der Waals surface area contributed by atoms with E-state index in [4.69, 9.17) is 19.1 Å². The van der Waals surface area contributed by atoms with Gasteiger partial charge in [0.25, 0.3) is 5.56 Å². The summed E-state index contributed by atoms with van der Waals surface area (Å²) in [6.07, 6.45) is 1.64. The number of rotatable bonds is 6. The van der Waals surface area contributed by atoms with Crippen LogP contribution >= 0.6 is 0 Å². The van der Waals surface area contributed by atoms with Crippen molar-refractivity contribution in [3.63, 3.8) is 0 Å². The number of aromatic nitrogens is 2. The van der Waals surface area contributed by atoms with Crippen LogP contribution in [0.4, 0.5) is 15.3 Å². The number of esters is 1. The van der Waals surface area contributed by atoms with E-state index < -0.39 is 24.8 Å². The monoisotopic (exact) mass is 707 g/mol. The highest BCUT2D eigenvalue weighted by Gasteiger charge is 2.45. The molecule has 3 amide bonds. The summed E-state index contributed by atoms with van der Waals surface area (Å²) in [5.74, 6) is -0.191. The van der Waals surface area contributed by atoms with Crippen molar-refractivity contribution in [1.82, 2.24) is 19.8 Å². The third-order valence-electron chi connectivity index (χ3n) is 10.8. The first kappa shape index (κ1) is 33.9. The molecule has 15 heteroatoms. The van der Waals surface area contributed by atoms with Crippen LogP contribution in [-0.4, -0.2) is 69.4 Å². The molecule has 1 fully saturated rings.